The fourth-order valence-corrected chi connectivity index (χ4v) is 3.14. The third kappa shape index (κ3) is 4.69. The average Bonchev–Trinajstić information content (AvgIpc) is 2.48. The van der Waals surface area contributed by atoms with Gasteiger partial charge in [-0.05, 0) is 56.4 Å². The lowest BCUT2D eigenvalue weighted by Gasteiger charge is -2.28. The van der Waals surface area contributed by atoms with Crippen LogP contribution >= 0.6 is 0 Å². The van der Waals surface area contributed by atoms with Crippen molar-refractivity contribution in [2.75, 3.05) is 6.61 Å². The fraction of sp³-hybridized carbons (Fsp3) is 0.556. The molecule has 1 saturated carbocycles. The molecule has 114 valence electrons. The molecule has 1 aromatic carbocycles. The van der Waals surface area contributed by atoms with Crippen molar-refractivity contribution in [3.05, 3.63) is 35.4 Å². The Morgan fingerprint density at radius 3 is 2.19 bits per heavy atom. The van der Waals surface area contributed by atoms with Crippen LogP contribution in [-0.4, -0.2) is 18.4 Å². The van der Waals surface area contributed by atoms with Gasteiger partial charge in [0.2, 0.25) is 0 Å². The highest BCUT2D eigenvalue weighted by Crippen LogP contribution is 2.37. The van der Waals surface area contributed by atoms with Crippen molar-refractivity contribution < 1.29 is 14.3 Å². The molecule has 0 atom stereocenters. The number of benzene rings is 1. The zero-order valence-corrected chi connectivity index (χ0v) is 12.9. The van der Waals surface area contributed by atoms with Crippen molar-refractivity contribution in [3.8, 4) is 0 Å². The van der Waals surface area contributed by atoms with Gasteiger partial charge in [-0.2, -0.15) is 0 Å². The van der Waals surface area contributed by atoms with E-state index in [4.69, 9.17) is 4.74 Å². The molecule has 2 rings (SSSR count). The second-order valence-electron chi connectivity index (χ2n) is 6.02. The smallest absolute Gasteiger partial charge is 0.302 e. The van der Waals surface area contributed by atoms with Gasteiger partial charge in [0.05, 0.1) is 6.61 Å². The standard InChI is InChI=1S/C18H24O3/c1-13(19)16-7-9-18(10-8-16)17-5-3-15(4-6-17)11-12-21-14(2)20/h7-10,15,17H,3-6,11-12H2,1-2H3. The highest BCUT2D eigenvalue weighted by molar-refractivity contribution is 5.94. The molecule has 0 unspecified atom stereocenters. The number of carbonyl (C=O) groups is 2. The van der Waals surface area contributed by atoms with Crippen LogP contribution in [0.4, 0.5) is 0 Å². The van der Waals surface area contributed by atoms with E-state index in [0.717, 1.165) is 12.0 Å². The Morgan fingerprint density at radius 1 is 1.05 bits per heavy atom. The SMILES string of the molecule is CC(=O)OCCC1CCC(c2ccc(C(C)=O)cc2)CC1. The Kier molecular flexibility index (Phi) is 5.54. The summed E-state index contributed by atoms with van der Waals surface area (Å²) in [6.07, 6.45) is 5.74. The number of esters is 1. The normalized spacial score (nSPS) is 21.8. The summed E-state index contributed by atoms with van der Waals surface area (Å²) < 4.78 is 5.02. The van der Waals surface area contributed by atoms with Gasteiger partial charge in [-0.15, -0.1) is 0 Å². The van der Waals surface area contributed by atoms with Crippen LogP contribution in [0.1, 0.15) is 67.8 Å². The Balaban J connectivity index is 1.80. The van der Waals surface area contributed by atoms with Crippen LogP contribution in [0.3, 0.4) is 0 Å². The van der Waals surface area contributed by atoms with Crippen LogP contribution in [0.5, 0.6) is 0 Å². The predicted molar refractivity (Wildman–Crippen MR) is 82.4 cm³/mol. The van der Waals surface area contributed by atoms with Gasteiger partial charge < -0.3 is 4.74 Å². The maximum Gasteiger partial charge on any atom is 0.302 e. The summed E-state index contributed by atoms with van der Waals surface area (Å²) in [6, 6.07) is 8.07. The van der Waals surface area contributed by atoms with Crippen molar-refractivity contribution in [3.63, 3.8) is 0 Å². The monoisotopic (exact) mass is 288 g/mol. The van der Waals surface area contributed by atoms with E-state index in [0.29, 0.717) is 18.4 Å². The number of rotatable bonds is 5. The molecule has 0 spiro atoms. The minimum absolute atomic E-state index is 0.121. The summed E-state index contributed by atoms with van der Waals surface area (Å²) in [7, 11) is 0. The number of hydrogen-bond acceptors (Lipinski definition) is 3. The molecule has 0 saturated heterocycles. The van der Waals surface area contributed by atoms with Crippen molar-refractivity contribution in [2.24, 2.45) is 5.92 Å². The summed E-state index contributed by atoms with van der Waals surface area (Å²) in [5, 5.41) is 0. The number of carbonyl (C=O) groups excluding carboxylic acids is 2. The first-order chi connectivity index (χ1) is 10.1. The molecule has 0 heterocycles. The Bertz CT molecular complexity index is 482. The molecular weight excluding hydrogens is 264 g/mol. The quantitative estimate of drug-likeness (QED) is 0.604. The second-order valence-corrected chi connectivity index (χ2v) is 6.02. The molecular formula is C18H24O3. The zero-order chi connectivity index (χ0) is 15.2. The molecule has 0 amide bonds. The van der Waals surface area contributed by atoms with E-state index in [2.05, 4.69) is 12.1 Å². The van der Waals surface area contributed by atoms with E-state index in [1.807, 2.05) is 12.1 Å². The third-order valence-corrected chi connectivity index (χ3v) is 4.47. The molecule has 1 aromatic rings. The van der Waals surface area contributed by atoms with E-state index in [1.165, 1.54) is 38.2 Å². The van der Waals surface area contributed by atoms with Gasteiger partial charge in [-0.1, -0.05) is 24.3 Å². The van der Waals surface area contributed by atoms with Crippen molar-refractivity contribution >= 4 is 11.8 Å². The van der Waals surface area contributed by atoms with Crippen LogP contribution in [0.2, 0.25) is 0 Å². The van der Waals surface area contributed by atoms with E-state index in [1.54, 1.807) is 6.92 Å². The minimum atomic E-state index is -0.186. The summed E-state index contributed by atoms with van der Waals surface area (Å²) >= 11 is 0. The number of ether oxygens (including phenoxy) is 1. The molecule has 21 heavy (non-hydrogen) atoms. The highest BCUT2D eigenvalue weighted by Gasteiger charge is 2.22. The van der Waals surface area contributed by atoms with Crippen LogP contribution in [0.25, 0.3) is 0 Å². The molecule has 0 bridgehead atoms. The van der Waals surface area contributed by atoms with Crippen LogP contribution < -0.4 is 0 Å². The topological polar surface area (TPSA) is 43.4 Å². The van der Waals surface area contributed by atoms with Gasteiger partial charge in [0.15, 0.2) is 5.78 Å². The van der Waals surface area contributed by atoms with E-state index in [-0.39, 0.29) is 11.8 Å². The Labute approximate surface area is 126 Å². The maximum atomic E-state index is 11.3. The number of ketones is 1. The highest BCUT2D eigenvalue weighted by atomic mass is 16.5. The summed E-state index contributed by atoms with van der Waals surface area (Å²) in [6.45, 7) is 3.61. The minimum Gasteiger partial charge on any atom is -0.466 e. The molecule has 1 aliphatic carbocycles. The van der Waals surface area contributed by atoms with Gasteiger partial charge >= 0.3 is 5.97 Å². The molecule has 3 nitrogen and oxygen atoms in total. The Hall–Kier alpha value is -1.64. The lowest BCUT2D eigenvalue weighted by atomic mass is 9.77. The van der Waals surface area contributed by atoms with Crippen molar-refractivity contribution in [2.45, 2.75) is 51.9 Å². The van der Waals surface area contributed by atoms with Crippen molar-refractivity contribution in [1.29, 1.82) is 0 Å². The van der Waals surface area contributed by atoms with Gasteiger partial charge in [0, 0.05) is 12.5 Å². The Morgan fingerprint density at radius 2 is 1.67 bits per heavy atom. The average molecular weight is 288 g/mol. The van der Waals surface area contributed by atoms with Gasteiger partial charge in [0.1, 0.15) is 0 Å². The van der Waals surface area contributed by atoms with E-state index >= 15 is 0 Å². The second kappa shape index (κ2) is 7.39. The summed E-state index contributed by atoms with van der Waals surface area (Å²) in [5.41, 5.74) is 2.13. The summed E-state index contributed by atoms with van der Waals surface area (Å²) in [4.78, 5) is 22.0. The van der Waals surface area contributed by atoms with Gasteiger partial charge in [-0.3, -0.25) is 9.59 Å². The molecule has 3 heteroatoms. The first kappa shape index (κ1) is 15.7. The molecule has 1 aliphatic rings. The lowest BCUT2D eigenvalue weighted by molar-refractivity contribution is -0.141. The first-order valence-electron chi connectivity index (χ1n) is 7.80. The number of hydrogen-bond donors (Lipinski definition) is 0. The lowest BCUT2D eigenvalue weighted by Crippen LogP contribution is -2.15. The summed E-state index contributed by atoms with van der Waals surface area (Å²) in [5.74, 6) is 1.22. The van der Waals surface area contributed by atoms with E-state index < -0.39 is 0 Å². The predicted octanol–water partition coefficient (Wildman–Crippen LogP) is 4.12. The first-order valence-corrected chi connectivity index (χ1v) is 7.80. The molecule has 0 N–H and O–H groups in total. The van der Waals surface area contributed by atoms with Crippen LogP contribution in [0.15, 0.2) is 24.3 Å². The maximum absolute atomic E-state index is 11.3. The molecule has 0 aliphatic heterocycles. The largest absolute Gasteiger partial charge is 0.466 e. The molecule has 1 fully saturated rings. The van der Waals surface area contributed by atoms with Gasteiger partial charge in [-0.25, -0.2) is 0 Å². The third-order valence-electron chi connectivity index (χ3n) is 4.47. The fourth-order valence-electron chi connectivity index (χ4n) is 3.14. The van der Waals surface area contributed by atoms with Crippen LogP contribution in [-0.2, 0) is 9.53 Å². The van der Waals surface area contributed by atoms with Crippen molar-refractivity contribution in [1.82, 2.24) is 0 Å². The van der Waals surface area contributed by atoms with Crippen LogP contribution in [0, 0.1) is 5.92 Å². The zero-order valence-electron chi connectivity index (χ0n) is 12.9. The number of Topliss-reactive ketones (excluding diaryl/α,β-unsaturated/α-hetero) is 1. The molecule has 0 aromatic heterocycles. The molecule has 0 radical (unpaired) electrons. The van der Waals surface area contributed by atoms with E-state index in [9.17, 15) is 9.59 Å². The van der Waals surface area contributed by atoms with Gasteiger partial charge in [0.25, 0.3) is 0 Å².